The molecule has 0 bridgehead atoms. The second-order valence-corrected chi connectivity index (χ2v) is 2.68. The fourth-order valence-electron chi connectivity index (χ4n) is 1.03. The van der Waals surface area contributed by atoms with E-state index in [1.807, 2.05) is 0 Å². The molecule has 0 fully saturated rings. The molecule has 1 aromatic rings. The maximum atomic E-state index is 11.8. The Balaban J connectivity index is 2.78. The van der Waals surface area contributed by atoms with Crippen LogP contribution in [0.3, 0.4) is 0 Å². The Morgan fingerprint density at radius 2 is 1.60 bits per heavy atom. The van der Waals surface area contributed by atoms with E-state index < -0.39 is 13.2 Å². The second kappa shape index (κ2) is 4.86. The molecule has 1 aromatic carbocycles. The highest BCUT2D eigenvalue weighted by molar-refractivity contribution is 5.39. The molecule has 6 heteroatoms. The van der Waals surface area contributed by atoms with E-state index in [9.17, 15) is 17.6 Å². The van der Waals surface area contributed by atoms with E-state index >= 15 is 0 Å². The van der Waals surface area contributed by atoms with Crippen LogP contribution in [0.25, 0.3) is 0 Å². The van der Waals surface area contributed by atoms with Crippen LogP contribution in [0.15, 0.2) is 18.2 Å². The highest BCUT2D eigenvalue weighted by Gasteiger charge is 2.09. The number of halogens is 4. The third kappa shape index (κ3) is 3.65. The van der Waals surface area contributed by atoms with E-state index in [0.29, 0.717) is 5.56 Å². The van der Waals surface area contributed by atoms with E-state index in [1.165, 1.54) is 13.0 Å². The van der Waals surface area contributed by atoms with Crippen molar-refractivity contribution >= 4 is 0 Å². The average Bonchev–Trinajstić information content (AvgIpc) is 2.08. The van der Waals surface area contributed by atoms with Crippen molar-refractivity contribution in [3.63, 3.8) is 0 Å². The molecular formula is C9H8F4O2. The van der Waals surface area contributed by atoms with Crippen LogP contribution in [0.5, 0.6) is 11.5 Å². The summed E-state index contributed by atoms with van der Waals surface area (Å²) in [5.74, 6) is -0.157. The molecule has 0 saturated heterocycles. The van der Waals surface area contributed by atoms with Crippen LogP contribution >= 0.6 is 0 Å². The van der Waals surface area contributed by atoms with Gasteiger partial charge in [0.05, 0.1) is 0 Å². The standard InChI is InChI=1S/C9H8F4O2/c1-5-4-6(14-8(10)11)2-3-7(5)15-9(12)13/h2-4,8-9H,1H3. The Labute approximate surface area is 83.4 Å². The van der Waals surface area contributed by atoms with Gasteiger partial charge in [0.15, 0.2) is 0 Å². The van der Waals surface area contributed by atoms with Gasteiger partial charge in [0, 0.05) is 0 Å². The SMILES string of the molecule is Cc1cc(OC(F)F)ccc1OC(F)F. The first-order valence-electron chi connectivity index (χ1n) is 3.99. The second-order valence-electron chi connectivity index (χ2n) is 2.68. The fourth-order valence-corrected chi connectivity index (χ4v) is 1.03. The molecule has 0 spiro atoms. The molecule has 2 nitrogen and oxygen atoms in total. The van der Waals surface area contributed by atoms with E-state index in [4.69, 9.17) is 0 Å². The van der Waals surface area contributed by atoms with Crippen LogP contribution in [-0.4, -0.2) is 13.2 Å². The maximum absolute atomic E-state index is 11.8. The molecule has 0 aliphatic heterocycles. The number of rotatable bonds is 4. The monoisotopic (exact) mass is 224 g/mol. The van der Waals surface area contributed by atoms with Gasteiger partial charge in [-0.1, -0.05) is 0 Å². The van der Waals surface area contributed by atoms with Gasteiger partial charge < -0.3 is 9.47 Å². The van der Waals surface area contributed by atoms with Gasteiger partial charge in [0.25, 0.3) is 0 Å². The largest absolute Gasteiger partial charge is 0.435 e. The summed E-state index contributed by atoms with van der Waals surface area (Å²) in [6, 6.07) is 3.49. The Kier molecular flexibility index (Phi) is 3.76. The lowest BCUT2D eigenvalue weighted by Gasteiger charge is -2.10. The lowest BCUT2D eigenvalue weighted by atomic mass is 10.2. The smallest absolute Gasteiger partial charge is 0.387 e. The lowest BCUT2D eigenvalue weighted by molar-refractivity contribution is -0.0533. The molecule has 0 unspecified atom stereocenters. The first-order chi connectivity index (χ1) is 6.99. The average molecular weight is 224 g/mol. The van der Waals surface area contributed by atoms with Crippen molar-refractivity contribution in [2.45, 2.75) is 20.1 Å². The Hall–Kier alpha value is -1.46. The first-order valence-corrected chi connectivity index (χ1v) is 3.99. The van der Waals surface area contributed by atoms with Crippen LogP contribution < -0.4 is 9.47 Å². The minimum Gasteiger partial charge on any atom is -0.435 e. The number of benzene rings is 1. The molecule has 15 heavy (non-hydrogen) atoms. The molecule has 0 aliphatic rings. The van der Waals surface area contributed by atoms with Crippen LogP contribution in [0.2, 0.25) is 0 Å². The summed E-state index contributed by atoms with van der Waals surface area (Å²) in [5.41, 5.74) is 0.299. The molecule has 1 rings (SSSR count). The Bertz CT molecular complexity index is 328. The molecule has 0 atom stereocenters. The summed E-state index contributed by atoms with van der Waals surface area (Å²) in [5, 5.41) is 0. The maximum Gasteiger partial charge on any atom is 0.387 e. The number of hydrogen-bond acceptors (Lipinski definition) is 2. The van der Waals surface area contributed by atoms with E-state index in [-0.39, 0.29) is 11.5 Å². The summed E-state index contributed by atoms with van der Waals surface area (Å²) in [4.78, 5) is 0. The van der Waals surface area contributed by atoms with Gasteiger partial charge in [0.1, 0.15) is 11.5 Å². The zero-order valence-corrected chi connectivity index (χ0v) is 7.72. The predicted molar refractivity (Wildman–Crippen MR) is 44.4 cm³/mol. The molecule has 0 heterocycles. The fraction of sp³-hybridized carbons (Fsp3) is 0.333. The highest BCUT2D eigenvalue weighted by Crippen LogP contribution is 2.25. The van der Waals surface area contributed by atoms with Crippen molar-refractivity contribution in [3.8, 4) is 11.5 Å². The van der Waals surface area contributed by atoms with Crippen molar-refractivity contribution < 1.29 is 27.0 Å². The number of aryl methyl sites for hydroxylation is 1. The molecule has 0 radical (unpaired) electrons. The Morgan fingerprint density at radius 3 is 2.07 bits per heavy atom. The van der Waals surface area contributed by atoms with Crippen LogP contribution in [0.1, 0.15) is 5.56 Å². The molecule has 0 aromatic heterocycles. The zero-order chi connectivity index (χ0) is 11.4. The summed E-state index contributed by atoms with van der Waals surface area (Å²) in [6.45, 7) is -4.42. The summed E-state index contributed by atoms with van der Waals surface area (Å²) in [6.07, 6.45) is 0. The highest BCUT2D eigenvalue weighted by atomic mass is 19.3. The zero-order valence-electron chi connectivity index (χ0n) is 7.72. The molecule has 0 aliphatic carbocycles. The molecule has 0 amide bonds. The minimum atomic E-state index is -2.94. The van der Waals surface area contributed by atoms with E-state index in [0.717, 1.165) is 12.1 Å². The molecular weight excluding hydrogens is 216 g/mol. The third-order valence-corrected chi connectivity index (χ3v) is 1.59. The van der Waals surface area contributed by atoms with Gasteiger partial charge in [0.2, 0.25) is 0 Å². The number of ether oxygens (including phenoxy) is 2. The number of alkyl halides is 4. The van der Waals surface area contributed by atoms with Gasteiger partial charge in [-0.25, -0.2) is 0 Å². The third-order valence-electron chi connectivity index (χ3n) is 1.59. The van der Waals surface area contributed by atoms with Crippen molar-refractivity contribution in [1.82, 2.24) is 0 Å². The van der Waals surface area contributed by atoms with Crippen LogP contribution in [-0.2, 0) is 0 Å². The van der Waals surface area contributed by atoms with Gasteiger partial charge in [-0.3, -0.25) is 0 Å². The molecule has 0 saturated carbocycles. The molecule has 0 N–H and O–H groups in total. The minimum absolute atomic E-state index is 0.0633. The topological polar surface area (TPSA) is 18.5 Å². The van der Waals surface area contributed by atoms with Gasteiger partial charge in [-0.2, -0.15) is 17.6 Å². The van der Waals surface area contributed by atoms with Crippen LogP contribution in [0, 0.1) is 6.92 Å². The summed E-state index contributed by atoms with van der Waals surface area (Å²) in [7, 11) is 0. The van der Waals surface area contributed by atoms with E-state index in [1.54, 1.807) is 0 Å². The number of hydrogen-bond donors (Lipinski definition) is 0. The van der Waals surface area contributed by atoms with Crippen molar-refractivity contribution in [2.24, 2.45) is 0 Å². The van der Waals surface area contributed by atoms with Gasteiger partial charge in [-0.15, -0.1) is 0 Å². The summed E-state index contributed by atoms with van der Waals surface area (Å²) < 4.78 is 55.5. The normalized spacial score (nSPS) is 10.9. The van der Waals surface area contributed by atoms with Crippen molar-refractivity contribution in [3.05, 3.63) is 23.8 Å². The Morgan fingerprint density at radius 1 is 1.00 bits per heavy atom. The molecule has 84 valence electrons. The van der Waals surface area contributed by atoms with Crippen LogP contribution in [0.4, 0.5) is 17.6 Å². The van der Waals surface area contributed by atoms with E-state index in [2.05, 4.69) is 9.47 Å². The predicted octanol–water partition coefficient (Wildman–Crippen LogP) is 3.20. The first kappa shape index (κ1) is 11.6. The quantitative estimate of drug-likeness (QED) is 0.731. The van der Waals surface area contributed by atoms with Gasteiger partial charge >= 0.3 is 13.2 Å². The van der Waals surface area contributed by atoms with Crippen molar-refractivity contribution in [2.75, 3.05) is 0 Å². The summed E-state index contributed by atoms with van der Waals surface area (Å²) >= 11 is 0. The van der Waals surface area contributed by atoms with Crippen molar-refractivity contribution in [1.29, 1.82) is 0 Å². The lowest BCUT2D eigenvalue weighted by Crippen LogP contribution is -2.05. The van der Waals surface area contributed by atoms with Gasteiger partial charge in [-0.05, 0) is 30.7 Å².